The van der Waals surface area contributed by atoms with E-state index in [2.05, 4.69) is 38.1 Å². The van der Waals surface area contributed by atoms with Crippen molar-refractivity contribution in [3.63, 3.8) is 0 Å². The Morgan fingerprint density at radius 1 is 1.32 bits per heavy atom. The molecule has 6 nitrogen and oxygen atoms in total. The highest BCUT2D eigenvalue weighted by atomic mass is 32.1. The Kier molecular flexibility index (Phi) is 6.39. The maximum atomic E-state index is 5.24. The molecule has 22 heavy (non-hydrogen) atoms. The lowest BCUT2D eigenvalue weighted by molar-refractivity contribution is 0.379. The normalized spacial score (nSPS) is 11.7. The second-order valence-electron chi connectivity index (χ2n) is 4.87. The first-order chi connectivity index (χ1) is 10.7. The summed E-state index contributed by atoms with van der Waals surface area (Å²) < 4.78 is 5.24. The maximum Gasteiger partial charge on any atom is 0.191 e. The van der Waals surface area contributed by atoms with E-state index in [1.165, 1.54) is 0 Å². The lowest BCUT2D eigenvalue weighted by atomic mass is 10.3. The van der Waals surface area contributed by atoms with E-state index in [0.29, 0.717) is 6.54 Å². The van der Waals surface area contributed by atoms with Crippen LogP contribution < -0.4 is 10.6 Å². The number of aromatic nitrogens is 2. The third-order valence-electron chi connectivity index (χ3n) is 3.05. The van der Waals surface area contributed by atoms with Crippen LogP contribution in [0.15, 0.2) is 21.0 Å². The minimum atomic E-state index is 0.484. The molecule has 0 aliphatic heterocycles. The number of hydrogen-bond donors (Lipinski definition) is 2. The van der Waals surface area contributed by atoms with Crippen molar-refractivity contribution in [2.45, 2.75) is 40.2 Å². The molecule has 0 radical (unpaired) electrons. The van der Waals surface area contributed by atoms with E-state index >= 15 is 0 Å². The molecule has 2 aromatic heterocycles. The van der Waals surface area contributed by atoms with Crippen molar-refractivity contribution in [2.24, 2.45) is 4.99 Å². The van der Waals surface area contributed by atoms with Gasteiger partial charge in [0.05, 0.1) is 16.4 Å². The van der Waals surface area contributed by atoms with Crippen LogP contribution in [0.25, 0.3) is 0 Å². The molecule has 2 N–H and O–H groups in total. The Labute approximate surface area is 135 Å². The third-order valence-corrected chi connectivity index (χ3v) is 3.87. The van der Waals surface area contributed by atoms with E-state index in [0.717, 1.165) is 54.0 Å². The predicted octanol–water partition coefficient (Wildman–Crippen LogP) is 2.30. The van der Waals surface area contributed by atoms with Crippen molar-refractivity contribution >= 4 is 17.3 Å². The van der Waals surface area contributed by atoms with Crippen molar-refractivity contribution in [2.75, 3.05) is 13.1 Å². The molecule has 2 rings (SSSR count). The van der Waals surface area contributed by atoms with Crippen molar-refractivity contribution < 1.29 is 4.52 Å². The molecule has 0 bridgehead atoms. The molecule has 0 spiro atoms. The number of thiazole rings is 1. The van der Waals surface area contributed by atoms with E-state index < -0.39 is 0 Å². The first-order valence-corrected chi connectivity index (χ1v) is 8.46. The summed E-state index contributed by atoms with van der Waals surface area (Å²) in [6, 6.07) is 1.95. The summed E-state index contributed by atoms with van der Waals surface area (Å²) in [5, 5.41) is 13.7. The van der Waals surface area contributed by atoms with Crippen LogP contribution in [-0.4, -0.2) is 29.2 Å². The molecule has 7 heteroatoms. The fourth-order valence-electron chi connectivity index (χ4n) is 1.93. The summed E-state index contributed by atoms with van der Waals surface area (Å²) in [6.45, 7) is 8.22. The van der Waals surface area contributed by atoms with Gasteiger partial charge in [0.25, 0.3) is 0 Å². The monoisotopic (exact) mass is 321 g/mol. The molecule has 0 aliphatic carbocycles. The minimum Gasteiger partial charge on any atom is -0.359 e. The molecular weight excluding hydrogens is 298 g/mol. The van der Waals surface area contributed by atoms with E-state index in [1.54, 1.807) is 11.3 Å². The van der Waals surface area contributed by atoms with Crippen LogP contribution in [0.2, 0.25) is 0 Å². The van der Waals surface area contributed by atoms with Crippen LogP contribution in [0.1, 0.15) is 36.0 Å². The van der Waals surface area contributed by atoms with Crippen LogP contribution in [0.5, 0.6) is 0 Å². The lowest BCUT2D eigenvalue weighted by Gasteiger charge is -2.10. The van der Waals surface area contributed by atoms with Gasteiger partial charge in [-0.1, -0.05) is 12.1 Å². The van der Waals surface area contributed by atoms with Crippen LogP contribution in [0.4, 0.5) is 0 Å². The molecule has 0 saturated carbocycles. The van der Waals surface area contributed by atoms with Gasteiger partial charge in [0.2, 0.25) is 0 Å². The van der Waals surface area contributed by atoms with Gasteiger partial charge >= 0.3 is 0 Å². The smallest absolute Gasteiger partial charge is 0.191 e. The number of aryl methyl sites for hydroxylation is 2. The lowest BCUT2D eigenvalue weighted by Crippen LogP contribution is -2.38. The van der Waals surface area contributed by atoms with Gasteiger partial charge in [-0.2, -0.15) is 0 Å². The summed E-state index contributed by atoms with van der Waals surface area (Å²) in [6.07, 6.45) is 1.76. The summed E-state index contributed by atoms with van der Waals surface area (Å²) in [5.74, 6) is 1.56. The second kappa shape index (κ2) is 8.53. The van der Waals surface area contributed by atoms with Crippen LogP contribution in [-0.2, 0) is 19.4 Å². The summed E-state index contributed by atoms with van der Waals surface area (Å²) >= 11 is 1.68. The number of rotatable bonds is 7. The Balaban J connectivity index is 1.83. The molecule has 0 unspecified atom stereocenters. The molecule has 2 aromatic rings. The molecule has 0 aromatic carbocycles. The van der Waals surface area contributed by atoms with Gasteiger partial charge in [-0.15, -0.1) is 11.3 Å². The Morgan fingerprint density at radius 3 is 2.82 bits per heavy atom. The summed E-state index contributed by atoms with van der Waals surface area (Å²) in [5.41, 5.74) is 2.08. The molecule has 0 fully saturated rings. The quantitative estimate of drug-likeness (QED) is 0.604. The maximum absolute atomic E-state index is 5.24. The van der Waals surface area contributed by atoms with E-state index in [1.807, 2.05) is 19.9 Å². The minimum absolute atomic E-state index is 0.484. The highest BCUT2D eigenvalue weighted by Crippen LogP contribution is 2.08. The molecular formula is C15H23N5OS. The van der Waals surface area contributed by atoms with Gasteiger partial charge in [0, 0.05) is 31.0 Å². The zero-order chi connectivity index (χ0) is 15.8. The highest BCUT2D eigenvalue weighted by Gasteiger charge is 2.04. The largest absolute Gasteiger partial charge is 0.359 e. The topological polar surface area (TPSA) is 75.3 Å². The average Bonchev–Trinajstić information content (AvgIpc) is 3.13. The van der Waals surface area contributed by atoms with Gasteiger partial charge in [0.1, 0.15) is 6.54 Å². The predicted molar refractivity (Wildman–Crippen MR) is 89.3 cm³/mol. The molecule has 0 aliphatic rings. The summed E-state index contributed by atoms with van der Waals surface area (Å²) in [4.78, 5) is 8.96. The zero-order valence-electron chi connectivity index (χ0n) is 13.3. The average molecular weight is 321 g/mol. The van der Waals surface area contributed by atoms with E-state index in [9.17, 15) is 0 Å². The fourth-order valence-corrected chi connectivity index (χ4v) is 2.57. The van der Waals surface area contributed by atoms with Gasteiger partial charge in [-0.3, -0.25) is 0 Å². The standard InChI is InChI=1S/C15H23N5OS/c1-4-12-8-14(21-20-12)9-18-15(16-5-2)17-7-6-13-10-22-11(3)19-13/h8,10H,4-7,9H2,1-3H3,(H2,16,17,18). The number of nitrogens with one attached hydrogen (secondary N) is 2. The Bertz CT molecular complexity index is 605. The van der Waals surface area contributed by atoms with Crippen LogP contribution in [0.3, 0.4) is 0 Å². The van der Waals surface area contributed by atoms with Crippen LogP contribution >= 0.6 is 11.3 Å². The zero-order valence-corrected chi connectivity index (χ0v) is 14.2. The first kappa shape index (κ1) is 16.5. The molecule has 0 saturated heterocycles. The molecule has 0 atom stereocenters. The molecule has 2 heterocycles. The van der Waals surface area contributed by atoms with E-state index in [-0.39, 0.29) is 0 Å². The van der Waals surface area contributed by atoms with Crippen LogP contribution in [0, 0.1) is 6.92 Å². The SMILES string of the molecule is CCNC(=NCc1cc(CC)no1)NCCc1csc(C)n1. The van der Waals surface area contributed by atoms with Gasteiger partial charge in [-0.25, -0.2) is 9.98 Å². The van der Waals surface area contributed by atoms with Gasteiger partial charge < -0.3 is 15.2 Å². The number of nitrogens with zero attached hydrogens (tertiary/aromatic N) is 3. The van der Waals surface area contributed by atoms with Gasteiger partial charge in [-0.05, 0) is 20.3 Å². The number of aliphatic imine (C=N–C) groups is 1. The van der Waals surface area contributed by atoms with E-state index in [4.69, 9.17) is 4.52 Å². The molecule has 120 valence electrons. The highest BCUT2D eigenvalue weighted by molar-refractivity contribution is 7.09. The van der Waals surface area contributed by atoms with Crippen molar-refractivity contribution in [3.8, 4) is 0 Å². The third kappa shape index (κ3) is 5.14. The Hall–Kier alpha value is -1.89. The summed E-state index contributed by atoms with van der Waals surface area (Å²) in [7, 11) is 0. The van der Waals surface area contributed by atoms with Crippen molar-refractivity contribution in [3.05, 3.63) is 33.6 Å². The number of guanidine groups is 1. The number of hydrogen-bond acceptors (Lipinski definition) is 5. The van der Waals surface area contributed by atoms with Crippen molar-refractivity contribution in [1.82, 2.24) is 20.8 Å². The first-order valence-electron chi connectivity index (χ1n) is 7.59. The second-order valence-corrected chi connectivity index (χ2v) is 5.93. The van der Waals surface area contributed by atoms with Crippen molar-refractivity contribution in [1.29, 1.82) is 0 Å². The Morgan fingerprint density at radius 2 is 2.18 bits per heavy atom. The fraction of sp³-hybridized carbons (Fsp3) is 0.533. The van der Waals surface area contributed by atoms with Gasteiger partial charge in [0.15, 0.2) is 11.7 Å². The molecule has 0 amide bonds.